The van der Waals surface area contributed by atoms with Crippen LogP contribution in [0.15, 0.2) is 0 Å². The van der Waals surface area contributed by atoms with E-state index in [1.807, 2.05) is 0 Å². The number of hydrogen-bond acceptors (Lipinski definition) is 2. The summed E-state index contributed by atoms with van der Waals surface area (Å²) < 4.78 is 30.3. The molecule has 5 heteroatoms. The second-order valence-corrected chi connectivity index (χ2v) is 2.84. The summed E-state index contributed by atoms with van der Waals surface area (Å²) in [4.78, 5) is 10.1. The van der Waals surface area contributed by atoms with Gasteiger partial charge in [-0.2, -0.15) is 8.78 Å². The molecule has 0 spiro atoms. The van der Waals surface area contributed by atoms with Crippen LogP contribution in [0.3, 0.4) is 0 Å². The lowest BCUT2D eigenvalue weighted by molar-refractivity contribution is -0.180. The maximum Gasteiger partial charge on any atom is 0.374 e. The van der Waals surface area contributed by atoms with Gasteiger partial charge in [-0.25, -0.2) is 4.79 Å². The van der Waals surface area contributed by atoms with Gasteiger partial charge in [-0.1, -0.05) is 0 Å². The maximum atomic E-state index is 12.8. The lowest BCUT2D eigenvalue weighted by Crippen LogP contribution is -2.41. The normalized spacial score (nSPS) is 25.3. The highest BCUT2D eigenvalue weighted by Gasteiger charge is 2.47. The minimum atomic E-state index is -3.64. The fourth-order valence-electron chi connectivity index (χ4n) is 1.20. The Bertz CT molecular complexity index is 175. The molecule has 1 atom stereocenters. The zero-order valence-electron chi connectivity index (χ0n) is 6.43. The molecule has 0 aliphatic carbocycles. The van der Waals surface area contributed by atoms with Crippen molar-refractivity contribution >= 4 is 5.97 Å². The van der Waals surface area contributed by atoms with Crippen molar-refractivity contribution in [2.75, 3.05) is 13.2 Å². The van der Waals surface area contributed by atoms with Crippen LogP contribution in [0.1, 0.15) is 12.8 Å². The van der Waals surface area contributed by atoms with Crippen LogP contribution in [-0.4, -0.2) is 30.2 Å². The molecule has 0 radical (unpaired) electrons. The van der Waals surface area contributed by atoms with Crippen molar-refractivity contribution in [3.8, 4) is 0 Å². The number of aliphatic carboxylic acids is 1. The summed E-state index contributed by atoms with van der Waals surface area (Å²) in [6.07, 6.45) is 0.729. The van der Waals surface area contributed by atoms with Gasteiger partial charge in [-0.05, 0) is 12.8 Å². The first-order chi connectivity index (χ1) is 5.55. The average Bonchev–Trinajstić information content (AvgIpc) is 2.06. The number of alkyl halides is 2. The van der Waals surface area contributed by atoms with E-state index in [-0.39, 0.29) is 13.0 Å². The molecule has 0 unspecified atom stereocenters. The number of carboxylic acids is 1. The standard InChI is InChI=1S/C7H10F2O3/c8-7(9,6(10)11)5-2-1-3-12-4-5/h5H,1-4H2,(H,10,11)/t5-/m0/s1. The second kappa shape index (κ2) is 3.35. The van der Waals surface area contributed by atoms with E-state index < -0.39 is 17.8 Å². The van der Waals surface area contributed by atoms with E-state index in [1.54, 1.807) is 0 Å². The monoisotopic (exact) mass is 180 g/mol. The maximum absolute atomic E-state index is 12.8. The van der Waals surface area contributed by atoms with Crippen LogP contribution < -0.4 is 0 Å². The minimum absolute atomic E-state index is 0.153. The van der Waals surface area contributed by atoms with Crippen LogP contribution >= 0.6 is 0 Å². The molecule has 0 aromatic rings. The quantitative estimate of drug-likeness (QED) is 0.692. The summed E-state index contributed by atoms with van der Waals surface area (Å²) in [6.45, 7) is 0.297. The van der Waals surface area contributed by atoms with Crippen molar-refractivity contribution in [3.05, 3.63) is 0 Å². The summed E-state index contributed by atoms with van der Waals surface area (Å²) in [5.74, 6) is -6.86. The Labute approximate surface area is 68.3 Å². The third-order valence-electron chi connectivity index (χ3n) is 1.96. The van der Waals surface area contributed by atoms with E-state index in [4.69, 9.17) is 9.84 Å². The Balaban J connectivity index is 2.59. The SMILES string of the molecule is O=C(O)C(F)(F)[C@H]1CCCOC1. The molecule has 1 N–H and O–H groups in total. The fraction of sp³-hybridized carbons (Fsp3) is 0.857. The molecule has 12 heavy (non-hydrogen) atoms. The minimum Gasteiger partial charge on any atom is -0.477 e. The van der Waals surface area contributed by atoms with E-state index in [0.29, 0.717) is 13.0 Å². The molecule has 70 valence electrons. The van der Waals surface area contributed by atoms with Gasteiger partial charge in [-0.15, -0.1) is 0 Å². The van der Waals surface area contributed by atoms with Gasteiger partial charge in [0, 0.05) is 6.61 Å². The number of carbonyl (C=O) groups is 1. The van der Waals surface area contributed by atoms with Gasteiger partial charge in [-0.3, -0.25) is 0 Å². The summed E-state index contributed by atoms with van der Waals surface area (Å²) in [6, 6.07) is 0. The highest BCUT2D eigenvalue weighted by molar-refractivity contribution is 5.75. The van der Waals surface area contributed by atoms with Crippen molar-refractivity contribution in [2.45, 2.75) is 18.8 Å². The van der Waals surface area contributed by atoms with Crippen molar-refractivity contribution < 1.29 is 23.4 Å². The van der Waals surface area contributed by atoms with Crippen LogP contribution in [-0.2, 0) is 9.53 Å². The van der Waals surface area contributed by atoms with Gasteiger partial charge in [0.2, 0.25) is 0 Å². The third-order valence-corrected chi connectivity index (χ3v) is 1.96. The highest BCUT2D eigenvalue weighted by atomic mass is 19.3. The molecule has 1 aliphatic rings. The van der Waals surface area contributed by atoms with Crippen LogP contribution in [0.4, 0.5) is 8.78 Å². The van der Waals surface area contributed by atoms with Crippen molar-refractivity contribution in [1.29, 1.82) is 0 Å². The van der Waals surface area contributed by atoms with E-state index in [0.717, 1.165) is 0 Å². The first-order valence-electron chi connectivity index (χ1n) is 3.74. The van der Waals surface area contributed by atoms with Crippen LogP contribution in [0.2, 0.25) is 0 Å². The topological polar surface area (TPSA) is 46.5 Å². The smallest absolute Gasteiger partial charge is 0.374 e. The lowest BCUT2D eigenvalue weighted by atomic mass is 9.95. The van der Waals surface area contributed by atoms with Gasteiger partial charge in [0.25, 0.3) is 0 Å². The molecule has 0 aromatic carbocycles. The Morgan fingerprint density at radius 1 is 1.58 bits per heavy atom. The van der Waals surface area contributed by atoms with E-state index in [9.17, 15) is 13.6 Å². The summed E-state index contributed by atoms with van der Waals surface area (Å²) in [5, 5.41) is 8.19. The molecule has 3 nitrogen and oxygen atoms in total. The fourth-order valence-corrected chi connectivity index (χ4v) is 1.20. The Hall–Kier alpha value is -0.710. The number of rotatable bonds is 2. The number of halogens is 2. The molecule has 0 amide bonds. The molecule has 1 heterocycles. The van der Waals surface area contributed by atoms with Crippen molar-refractivity contribution in [2.24, 2.45) is 5.92 Å². The summed E-state index contributed by atoms with van der Waals surface area (Å²) in [5.41, 5.74) is 0. The molecule has 1 fully saturated rings. The molecule has 1 rings (SSSR count). The van der Waals surface area contributed by atoms with E-state index in [2.05, 4.69) is 0 Å². The molecule has 0 saturated carbocycles. The molecule has 0 bridgehead atoms. The first kappa shape index (κ1) is 9.38. The molecular formula is C7H10F2O3. The van der Waals surface area contributed by atoms with Crippen molar-refractivity contribution in [3.63, 3.8) is 0 Å². The summed E-state index contributed by atoms with van der Waals surface area (Å²) >= 11 is 0. The Morgan fingerprint density at radius 2 is 2.25 bits per heavy atom. The Morgan fingerprint density at radius 3 is 2.67 bits per heavy atom. The molecule has 1 saturated heterocycles. The lowest BCUT2D eigenvalue weighted by Gasteiger charge is -2.26. The predicted octanol–water partition coefficient (Wildman–Crippen LogP) is 1.13. The van der Waals surface area contributed by atoms with Crippen LogP contribution in [0.5, 0.6) is 0 Å². The van der Waals surface area contributed by atoms with Gasteiger partial charge in [0.1, 0.15) is 0 Å². The zero-order valence-corrected chi connectivity index (χ0v) is 6.43. The molecule has 1 aliphatic heterocycles. The van der Waals surface area contributed by atoms with Gasteiger partial charge >= 0.3 is 11.9 Å². The van der Waals surface area contributed by atoms with Crippen LogP contribution in [0, 0.1) is 5.92 Å². The number of carboxylic acid groups (broad SMARTS) is 1. The van der Waals surface area contributed by atoms with Crippen LogP contribution in [0.25, 0.3) is 0 Å². The average molecular weight is 180 g/mol. The van der Waals surface area contributed by atoms with E-state index >= 15 is 0 Å². The number of ether oxygens (including phenoxy) is 1. The predicted molar refractivity (Wildman–Crippen MR) is 36.1 cm³/mol. The first-order valence-corrected chi connectivity index (χ1v) is 3.74. The third kappa shape index (κ3) is 1.72. The molecular weight excluding hydrogens is 170 g/mol. The van der Waals surface area contributed by atoms with Gasteiger partial charge in [0.15, 0.2) is 0 Å². The number of hydrogen-bond donors (Lipinski definition) is 1. The highest BCUT2D eigenvalue weighted by Crippen LogP contribution is 2.31. The Kier molecular flexibility index (Phi) is 2.62. The second-order valence-electron chi connectivity index (χ2n) is 2.84. The largest absolute Gasteiger partial charge is 0.477 e. The summed E-state index contributed by atoms with van der Waals surface area (Å²) in [7, 11) is 0. The zero-order chi connectivity index (χ0) is 9.19. The van der Waals surface area contributed by atoms with Gasteiger partial charge in [0.05, 0.1) is 12.5 Å². The van der Waals surface area contributed by atoms with Crippen molar-refractivity contribution in [1.82, 2.24) is 0 Å². The van der Waals surface area contributed by atoms with Gasteiger partial charge < -0.3 is 9.84 Å². The van der Waals surface area contributed by atoms with E-state index in [1.165, 1.54) is 0 Å². The molecule has 0 aromatic heterocycles.